The minimum absolute atomic E-state index is 0.194. The molecule has 0 spiro atoms. The van der Waals surface area contributed by atoms with Crippen LogP contribution in [0.15, 0.2) is 17.7 Å². The zero-order valence-electron chi connectivity index (χ0n) is 9.87. The molecule has 3 heteroatoms. The molecule has 1 aliphatic heterocycles. The van der Waals surface area contributed by atoms with Crippen molar-refractivity contribution in [2.75, 3.05) is 6.61 Å². The van der Waals surface area contributed by atoms with Gasteiger partial charge in [-0.1, -0.05) is 6.07 Å². The number of nitriles is 2. The molecule has 0 radical (unpaired) electrons. The number of benzene rings is 1. The van der Waals surface area contributed by atoms with Gasteiger partial charge in [-0.25, -0.2) is 0 Å². The molecule has 0 saturated carbocycles. The molecule has 0 N–H and O–H groups in total. The summed E-state index contributed by atoms with van der Waals surface area (Å²) < 4.78 is 5.63. The monoisotopic (exact) mass is 224 g/mol. The minimum Gasteiger partial charge on any atom is -0.492 e. The van der Waals surface area contributed by atoms with E-state index in [9.17, 15) is 0 Å². The SMILES string of the molecule is Cc1cc(C)c2c(c1)C(=C(C#N)C#N)CCO2. The van der Waals surface area contributed by atoms with Crippen LogP contribution in [0.4, 0.5) is 0 Å². The summed E-state index contributed by atoms with van der Waals surface area (Å²) in [5, 5.41) is 17.9. The highest BCUT2D eigenvalue weighted by Gasteiger charge is 2.21. The van der Waals surface area contributed by atoms with Crippen molar-refractivity contribution >= 4 is 5.57 Å². The number of fused-ring (bicyclic) bond motifs is 1. The fourth-order valence-corrected chi connectivity index (χ4v) is 2.18. The molecule has 0 amide bonds. The van der Waals surface area contributed by atoms with Crippen LogP contribution < -0.4 is 4.74 Å². The second kappa shape index (κ2) is 4.31. The van der Waals surface area contributed by atoms with Gasteiger partial charge < -0.3 is 4.74 Å². The quantitative estimate of drug-likeness (QED) is 0.636. The van der Waals surface area contributed by atoms with Crippen LogP contribution in [0.2, 0.25) is 0 Å². The van der Waals surface area contributed by atoms with Gasteiger partial charge in [-0.3, -0.25) is 0 Å². The molecule has 3 nitrogen and oxygen atoms in total. The van der Waals surface area contributed by atoms with E-state index in [-0.39, 0.29) is 5.57 Å². The van der Waals surface area contributed by atoms with Gasteiger partial charge in [0.2, 0.25) is 0 Å². The molecule has 0 fully saturated rings. The molecule has 0 atom stereocenters. The van der Waals surface area contributed by atoms with E-state index in [4.69, 9.17) is 15.3 Å². The molecule has 1 heterocycles. The van der Waals surface area contributed by atoms with Crippen molar-refractivity contribution in [3.63, 3.8) is 0 Å². The summed E-state index contributed by atoms with van der Waals surface area (Å²) >= 11 is 0. The van der Waals surface area contributed by atoms with E-state index in [2.05, 4.69) is 0 Å². The predicted molar refractivity (Wildman–Crippen MR) is 64.2 cm³/mol. The van der Waals surface area contributed by atoms with Crippen LogP contribution in [0.1, 0.15) is 23.1 Å². The van der Waals surface area contributed by atoms with Crippen LogP contribution in [-0.4, -0.2) is 6.61 Å². The van der Waals surface area contributed by atoms with Crippen molar-refractivity contribution in [3.05, 3.63) is 34.4 Å². The van der Waals surface area contributed by atoms with Crippen LogP contribution >= 0.6 is 0 Å². The molecule has 84 valence electrons. The minimum atomic E-state index is 0.194. The maximum absolute atomic E-state index is 8.97. The first kappa shape index (κ1) is 11.2. The Morgan fingerprint density at radius 3 is 2.59 bits per heavy atom. The molecule has 2 rings (SSSR count). The number of nitrogens with zero attached hydrogens (tertiary/aromatic N) is 2. The first-order valence-corrected chi connectivity index (χ1v) is 5.45. The lowest BCUT2D eigenvalue weighted by Crippen LogP contribution is -2.10. The van der Waals surface area contributed by atoms with Crippen molar-refractivity contribution in [1.29, 1.82) is 10.5 Å². The third-order valence-corrected chi connectivity index (χ3v) is 2.87. The van der Waals surface area contributed by atoms with Crippen molar-refractivity contribution in [2.45, 2.75) is 20.3 Å². The summed E-state index contributed by atoms with van der Waals surface area (Å²) in [7, 11) is 0. The third kappa shape index (κ3) is 1.88. The highest BCUT2D eigenvalue weighted by molar-refractivity contribution is 5.80. The highest BCUT2D eigenvalue weighted by Crippen LogP contribution is 2.37. The van der Waals surface area contributed by atoms with Gasteiger partial charge in [-0.2, -0.15) is 10.5 Å². The maximum atomic E-state index is 8.97. The molecular weight excluding hydrogens is 212 g/mol. The number of hydrogen-bond donors (Lipinski definition) is 0. The Bertz CT molecular complexity index is 569. The topological polar surface area (TPSA) is 56.8 Å². The van der Waals surface area contributed by atoms with E-state index in [1.807, 2.05) is 38.1 Å². The Balaban J connectivity index is 2.73. The number of ether oxygens (including phenoxy) is 1. The first-order chi connectivity index (χ1) is 8.17. The molecule has 0 saturated heterocycles. The van der Waals surface area contributed by atoms with E-state index in [0.717, 1.165) is 28.0 Å². The largest absolute Gasteiger partial charge is 0.492 e. The van der Waals surface area contributed by atoms with Gasteiger partial charge in [-0.05, 0) is 36.6 Å². The Hall–Kier alpha value is -2.26. The van der Waals surface area contributed by atoms with Crippen molar-refractivity contribution < 1.29 is 4.74 Å². The molecule has 0 aliphatic carbocycles. The average molecular weight is 224 g/mol. The first-order valence-electron chi connectivity index (χ1n) is 5.45. The number of hydrogen-bond acceptors (Lipinski definition) is 3. The number of allylic oxidation sites excluding steroid dienone is 1. The van der Waals surface area contributed by atoms with Gasteiger partial charge >= 0.3 is 0 Å². The van der Waals surface area contributed by atoms with Crippen molar-refractivity contribution in [3.8, 4) is 17.9 Å². The van der Waals surface area contributed by atoms with Crippen molar-refractivity contribution in [1.82, 2.24) is 0 Å². The third-order valence-electron chi connectivity index (χ3n) is 2.87. The van der Waals surface area contributed by atoms with Gasteiger partial charge in [0, 0.05) is 12.0 Å². The van der Waals surface area contributed by atoms with Crippen LogP contribution in [0.3, 0.4) is 0 Å². The zero-order chi connectivity index (χ0) is 12.4. The van der Waals surface area contributed by atoms with Crippen molar-refractivity contribution in [2.24, 2.45) is 0 Å². The molecule has 17 heavy (non-hydrogen) atoms. The molecule has 0 unspecified atom stereocenters. The second-order valence-electron chi connectivity index (χ2n) is 4.13. The highest BCUT2D eigenvalue weighted by atomic mass is 16.5. The Labute approximate surface area is 101 Å². The molecule has 0 aromatic heterocycles. The lowest BCUT2D eigenvalue weighted by Gasteiger charge is -2.22. The van der Waals surface area contributed by atoms with Crippen LogP contribution in [0, 0.1) is 36.5 Å². The Kier molecular flexibility index (Phi) is 2.85. The lowest BCUT2D eigenvalue weighted by molar-refractivity contribution is 0.314. The molecule has 0 bridgehead atoms. The molecule has 1 aromatic rings. The Morgan fingerprint density at radius 2 is 1.94 bits per heavy atom. The molecule has 1 aliphatic rings. The summed E-state index contributed by atoms with van der Waals surface area (Å²) in [5.74, 6) is 0.805. The average Bonchev–Trinajstić information content (AvgIpc) is 2.31. The molecule has 1 aromatic carbocycles. The number of aryl methyl sites for hydroxylation is 2. The lowest BCUT2D eigenvalue weighted by atomic mass is 9.92. The van der Waals surface area contributed by atoms with Gasteiger partial charge in [0.25, 0.3) is 0 Å². The molecular formula is C14H12N2O. The van der Waals surface area contributed by atoms with E-state index < -0.39 is 0 Å². The smallest absolute Gasteiger partial charge is 0.133 e. The summed E-state index contributed by atoms with van der Waals surface area (Å²) in [4.78, 5) is 0. The van der Waals surface area contributed by atoms with E-state index in [0.29, 0.717) is 13.0 Å². The summed E-state index contributed by atoms with van der Waals surface area (Å²) in [5.41, 5.74) is 4.06. The number of rotatable bonds is 0. The van der Waals surface area contributed by atoms with E-state index >= 15 is 0 Å². The summed E-state index contributed by atoms with van der Waals surface area (Å²) in [6.45, 7) is 4.50. The zero-order valence-corrected chi connectivity index (χ0v) is 9.87. The predicted octanol–water partition coefficient (Wildman–Crippen LogP) is 2.89. The Morgan fingerprint density at radius 1 is 1.24 bits per heavy atom. The van der Waals surface area contributed by atoms with Gasteiger partial charge in [0.05, 0.1) is 6.61 Å². The fraction of sp³-hybridized carbons (Fsp3) is 0.286. The normalized spacial score (nSPS) is 13.1. The summed E-state index contributed by atoms with van der Waals surface area (Å²) in [6.07, 6.45) is 0.617. The van der Waals surface area contributed by atoms with Gasteiger partial charge in [-0.15, -0.1) is 0 Å². The maximum Gasteiger partial charge on any atom is 0.133 e. The fourth-order valence-electron chi connectivity index (χ4n) is 2.18. The van der Waals surface area contributed by atoms with Crippen LogP contribution in [-0.2, 0) is 0 Å². The van der Waals surface area contributed by atoms with E-state index in [1.165, 1.54) is 0 Å². The standard InChI is InChI=1S/C14H12N2O/c1-9-5-10(2)14-13(6-9)12(3-4-17-14)11(7-15)8-16/h5-6H,3-4H2,1-2H3. The van der Waals surface area contributed by atoms with Gasteiger partial charge in [0.15, 0.2) is 0 Å². The van der Waals surface area contributed by atoms with E-state index in [1.54, 1.807) is 0 Å². The van der Waals surface area contributed by atoms with Gasteiger partial charge in [0.1, 0.15) is 23.5 Å². The van der Waals surface area contributed by atoms with Crippen LogP contribution in [0.5, 0.6) is 5.75 Å². The van der Waals surface area contributed by atoms with Crippen LogP contribution in [0.25, 0.3) is 5.57 Å². The summed E-state index contributed by atoms with van der Waals surface area (Å²) in [6, 6.07) is 7.95. The second-order valence-corrected chi connectivity index (χ2v) is 4.13.